The molecule has 1 aliphatic rings. The van der Waals surface area contributed by atoms with E-state index in [0.29, 0.717) is 17.9 Å². The Morgan fingerprint density at radius 1 is 1.11 bits per heavy atom. The fraction of sp³-hybridized carbons (Fsp3) is 0.133. The summed E-state index contributed by atoms with van der Waals surface area (Å²) in [5.74, 6) is -1.81. The molecule has 2 aromatic carbocycles. The van der Waals surface area contributed by atoms with Gasteiger partial charge in [-0.1, -0.05) is 12.1 Å². The van der Waals surface area contributed by atoms with E-state index in [4.69, 9.17) is 4.74 Å². The number of benzene rings is 2. The lowest BCUT2D eigenvalue weighted by Crippen LogP contribution is -2.04. The number of hydrogen-bond donors (Lipinski definition) is 0. The molecule has 3 rings (SSSR count). The Kier molecular flexibility index (Phi) is 2.78. The number of ketones is 1. The van der Waals surface area contributed by atoms with E-state index in [-0.39, 0.29) is 11.3 Å². The molecule has 0 radical (unpaired) electrons. The topological polar surface area (TPSA) is 26.3 Å². The van der Waals surface area contributed by atoms with Gasteiger partial charge in [-0.15, -0.1) is 0 Å². The molecule has 0 atom stereocenters. The highest BCUT2D eigenvalue weighted by atomic mass is 19.2. The molecule has 0 fully saturated rings. The molecule has 4 heteroatoms. The number of ether oxygens (including phenoxy) is 1. The van der Waals surface area contributed by atoms with Crippen molar-refractivity contribution in [2.75, 3.05) is 6.61 Å². The van der Waals surface area contributed by atoms with Gasteiger partial charge in [0.25, 0.3) is 0 Å². The highest BCUT2D eigenvalue weighted by molar-refractivity contribution is 6.11. The number of halogens is 2. The molecular weight excluding hydrogens is 250 g/mol. The van der Waals surface area contributed by atoms with E-state index in [0.717, 1.165) is 24.1 Å². The second-order valence-electron chi connectivity index (χ2n) is 4.35. The molecule has 0 aliphatic carbocycles. The van der Waals surface area contributed by atoms with Crippen LogP contribution < -0.4 is 4.74 Å². The number of para-hydroxylation sites is 1. The van der Waals surface area contributed by atoms with Gasteiger partial charge in [-0.05, 0) is 29.8 Å². The molecule has 0 N–H and O–H groups in total. The first-order chi connectivity index (χ1) is 9.16. The lowest BCUT2D eigenvalue weighted by Gasteiger charge is -2.07. The van der Waals surface area contributed by atoms with Crippen molar-refractivity contribution in [2.45, 2.75) is 6.42 Å². The fourth-order valence-corrected chi connectivity index (χ4v) is 2.19. The van der Waals surface area contributed by atoms with Gasteiger partial charge in [-0.25, -0.2) is 8.78 Å². The first kappa shape index (κ1) is 11.8. The Hall–Kier alpha value is -2.23. The molecule has 1 aliphatic heterocycles. The van der Waals surface area contributed by atoms with Gasteiger partial charge in [-0.2, -0.15) is 0 Å². The molecule has 2 aromatic rings. The van der Waals surface area contributed by atoms with Crippen LogP contribution in [0.2, 0.25) is 0 Å². The molecule has 0 bridgehead atoms. The summed E-state index contributed by atoms with van der Waals surface area (Å²) < 4.78 is 31.5. The van der Waals surface area contributed by atoms with Crippen LogP contribution in [-0.2, 0) is 6.42 Å². The summed E-state index contributed by atoms with van der Waals surface area (Å²) in [7, 11) is 0. The number of fused-ring (bicyclic) bond motifs is 1. The number of hydrogen-bond acceptors (Lipinski definition) is 2. The first-order valence-corrected chi connectivity index (χ1v) is 5.91. The van der Waals surface area contributed by atoms with E-state index in [1.807, 2.05) is 6.07 Å². The second kappa shape index (κ2) is 4.46. The molecule has 0 amide bonds. The zero-order valence-corrected chi connectivity index (χ0v) is 9.95. The average Bonchev–Trinajstić information content (AvgIpc) is 2.89. The number of carbonyl (C=O) groups excluding carboxylic acids is 1. The minimum absolute atomic E-state index is 0.114. The Bertz CT molecular complexity index is 665. The smallest absolute Gasteiger partial charge is 0.196 e. The van der Waals surface area contributed by atoms with Gasteiger partial charge in [0.05, 0.1) is 12.2 Å². The second-order valence-corrected chi connectivity index (χ2v) is 4.35. The zero-order chi connectivity index (χ0) is 13.4. The molecule has 0 saturated carbocycles. The van der Waals surface area contributed by atoms with Crippen molar-refractivity contribution >= 4 is 5.78 Å². The van der Waals surface area contributed by atoms with Crippen LogP contribution in [0.1, 0.15) is 21.5 Å². The van der Waals surface area contributed by atoms with Gasteiger partial charge in [-0.3, -0.25) is 4.79 Å². The van der Waals surface area contributed by atoms with Gasteiger partial charge in [0, 0.05) is 12.0 Å². The van der Waals surface area contributed by atoms with Crippen molar-refractivity contribution < 1.29 is 18.3 Å². The van der Waals surface area contributed by atoms with E-state index in [9.17, 15) is 13.6 Å². The lowest BCUT2D eigenvalue weighted by atomic mass is 10.00. The lowest BCUT2D eigenvalue weighted by molar-refractivity contribution is 0.103. The molecule has 1 heterocycles. The minimum Gasteiger partial charge on any atom is -0.492 e. The van der Waals surface area contributed by atoms with E-state index in [2.05, 4.69) is 0 Å². The maximum Gasteiger partial charge on any atom is 0.196 e. The SMILES string of the molecule is O=C(c1ccc(F)c(F)c1)c1cccc2c1OCC2. The zero-order valence-electron chi connectivity index (χ0n) is 9.95. The Morgan fingerprint density at radius 3 is 2.74 bits per heavy atom. The quantitative estimate of drug-likeness (QED) is 0.775. The van der Waals surface area contributed by atoms with Crippen LogP contribution in [0.25, 0.3) is 0 Å². The summed E-state index contributed by atoms with van der Waals surface area (Å²) in [6.07, 6.45) is 0.758. The average molecular weight is 260 g/mol. The summed E-state index contributed by atoms with van der Waals surface area (Å²) in [5.41, 5.74) is 1.47. The molecule has 0 unspecified atom stereocenters. The van der Waals surface area contributed by atoms with Crippen LogP contribution in [0.5, 0.6) is 5.75 Å². The van der Waals surface area contributed by atoms with Crippen molar-refractivity contribution in [3.63, 3.8) is 0 Å². The summed E-state index contributed by atoms with van der Waals surface area (Å²) in [6, 6.07) is 8.42. The Labute approximate surface area is 108 Å². The fourth-order valence-electron chi connectivity index (χ4n) is 2.19. The Morgan fingerprint density at radius 2 is 1.95 bits per heavy atom. The van der Waals surface area contributed by atoms with Crippen LogP contribution in [0.4, 0.5) is 8.78 Å². The number of carbonyl (C=O) groups is 1. The van der Waals surface area contributed by atoms with Crippen LogP contribution in [0.3, 0.4) is 0 Å². The molecular formula is C15H10F2O2. The largest absolute Gasteiger partial charge is 0.492 e. The molecule has 0 aromatic heterocycles. The third kappa shape index (κ3) is 1.99. The van der Waals surface area contributed by atoms with Crippen molar-refractivity contribution in [1.82, 2.24) is 0 Å². The third-order valence-corrected chi connectivity index (χ3v) is 3.14. The summed E-state index contributed by atoms with van der Waals surface area (Å²) in [6.45, 7) is 0.539. The normalized spacial score (nSPS) is 12.9. The van der Waals surface area contributed by atoms with Gasteiger partial charge in [0.15, 0.2) is 17.4 Å². The number of rotatable bonds is 2. The predicted octanol–water partition coefficient (Wildman–Crippen LogP) is 3.13. The first-order valence-electron chi connectivity index (χ1n) is 5.91. The van der Waals surface area contributed by atoms with Crippen molar-refractivity contribution in [1.29, 1.82) is 0 Å². The van der Waals surface area contributed by atoms with Gasteiger partial charge in [0.1, 0.15) is 5.75 Å². The third-order valence-electron chi connectivity index (χ3n) is 3.14. The molecule has 2 nitrogen and oxygen atoms in total. The monoisotopic (exact) mass is 260 g/mol. The van der Waals surface area contributed by atoms with Crippen LogP contribution >= 0.6 is 0 Å². The standard InChI is InChI=1S/C15H10F2O2/c16-12-5-4-10(8-13(12)17)14(18)11-3-1-2-9-6-7-19-15(9)11/h1-5,8H,6-7H2. The van der Waals surface area contributed by atoms with Gasteiger partial charge < -0.3 is 4.74 Å². The van der Waals surface area contributed by atoms with E-state index >= 15 is 0 Å². The minimum atomic E-state index is -1.03. The maximum absolute atomic E-state index is 13.2. The van der Waals surface area contributed by atoms with Gasteiger partial charge in [0.2, 0.25) is 0 Å². The van der Waals surface area contributed by atoms with Crippen molar-refractivity contribution in [2.24, 2.45) is 0 Å². The molecule has 19 heavy (non-hydrogen) atoms. The van der Waals surface area contributed by atoms with E-state index in [1.54, 1.807) is 12.1 Å². The van der Waals surface area contributed by atoms with E-state index < -0.39 is 11.6 Å². The molecule has 0 spiro atoms. The molecule has 96 valence electrons. The highest BCUT2D eigenvalue weighted by Crippen LogP contribution is 2.31. The van der Waals surface area contributed by atoms with Crippen LogP contribution in [0, 0.1) is 11.6 Å². The molecule has 0 saturated heterocycles. The highest BCUT2D eigenvalue weighted by Gasteiger charge is 2.21. The summed E-state index contributed by atoms with van der Waals surface area (Å²) in [4.78, 5) is 12.3. The van der Waals surface area contributed by atoms with Crippen LogP contribution in [0.15, 0.2) is 36.4 Å². The van der Waals surface area contributed by atoms with Crippen molar-refractivity contribution in [3.8, 4) is 5.75 Å². The van der Waals surface area contributed by atoms with Crippen molar-refractivity contribution in [3.05, 3.63) is 64.7 Å². The van der Waals surface area contributed by atoms with Gasteiger partial charge >= 0.3 is 0 Å². The Balaban J connectivity index is 2.05. The van der Waals surface area contributed by atoms with E-state index in [1.165, 1.54) is 6.07 Å². The predicted molar refractivity (Wildman–Crippen MR) is 65.4 cm³/mol. The maximum atomic E-state index is 13.2. The summed E-state index contributed by atoms with van der Waals surface area (Å²) in [5, 5.41) is 0. The van der Waals surface area contributed by atoms with Crippen LogP contribution in [-0.4, -0.2) is 12.4 Å². The summed E-state index contributed by atoms with van der Waals surface area (Å²) >= 11 is 0.